The molecule has 0 saturated carbocycles. The number of pyridine rings is 1. The molecule has 110 valence electrons. The van der Waals surface area contributed by atoms with Gasteiger partial charge >= 0.3 is 0 Å². The first-order valence-corrected chi connectivity index (χ1v) is 7.46. The second-order valence-corrected chi connectivity index (χ2v) is 5.78. The number of allylic oxidation sites excluding steroid dienone is 4. The van der Waals surface area contributed by atoms with Gasteiger partial charge in [-0.1, -0.05) is 35.4 Å². The SMILES string of the molecule is CC(C)=CCC/C(C)=C/Cc1cc(=O)c2ccccc2[nH]1. The van der Waals surface area contributed by atoms with Gasteiger partial charge in [-0.15, -0.1) is 0 Å². The molecular formula is C19H23NO. The Hall–Kier alpha value is -2.09. The van der Waals surface area contributed by atoms with Gasteiger partial charge in [-0.05, 0) is 45.7 Å². The van der Waals surface area contributed by atoms with E-state index in [-0.39, 0.29) is 5.43 Å². The second kappa shape index (κ2) is 7.07. The number of H-pyrrole nitrogens is 1. The van der Waals surface area contributed by atoms with Gasteiger partial charge in [-0.2, -0.15) is 0 Å². The molecule has 2 nitrogen and oxygen atoms in total. The molecule has 2 aromatic rings. The molecule has 2 heteroatoms. The number of aromatic amines is 1. The zero-order chi connectivity index (χ0) is 15.2. The van der Waals surface area contributed by atoms with Crippen molar-refractivity contribution < 1.29 is 0 Å². The fourth-order valence-electron chi connectivity index (χ4n) is 2.34. The van der Waals surface area contributed by atoms with Crippen molar-refractivity contribution in [3.63, 3.8) is 0 Å². The Balaban J connectivity index is 2.09. The quantitative estimate of drug-likeness (QED) is 0.787. The van der Waals surface area contributed by atoms with Gasteiger partial charge in [-0.3, -0.25) is 4.79 Å². The van der Waals surface area contributed by atoms with Crippen LogP contribution in [0.15, 0.2) is 58.4 Å². The number of fused-ring (bicyclic) bond motifs is 1. The maximum absolute atomic E-state index is 12.0. The van der Waals surface area contributed by atoms with Gasteiger partial charge in [-0.25, -0.2) is 0 Å². The van der Waals surface area contributed by atoms with Crippen LogP contribution >= 0.6 is 0 Å². The monoisotopic (exact) mass is 281 g/mol. The molecule has 21 heavy (non-hydrogen) atoms. The Morgan fingerprint density at radius 3 is 2.67 bits per heavy atom. The third kappa shape index (κ3) is 4.45. The first-order valence-electron chi connectivity index (χ1n) is 7.46. The predicted octanol–water partition coefficient (Wildman–Crippen LogP) is 4.76. The molecule has 0 spiro atoms. The Morgan fingerprint density at radius 1 is 1.14 bits per heavy atom. The normalized spacial score (nSPS) is 11.7. The van der Waals surface area contributed by atoms with Crippen LogP contribution in [0.2, 0.25) is 0 Å². The minimum Gasteiger partial charge on any atom is -0.358 e. The van der Waals surface area contributed by atoms with Crippen molar-refractivity contribution in [3.8, 4) is 0 Å². The summed E-state index contributed by atoms with van der Waals surface area (Å²) >= 11 is 0. The third-order valence-electron chi connectivity index (χ3n) is 3.55. The van der Waals surface area contributed by atoms with Gasteiger partial charge < -0.3 is 4.98 Å². The molecule has 1 heterocycles. The largest absolute Gasteiger partial charge is 0.358 e. The standard InChI is InChI=1S/C19H23NO/c1-14(2)7-6-8-15(3)11-12-16-13-19(21)17-9-4-5-10-18(17)20-16/h4-5,7,9-11,13H,6,8,12H2,1-3H3,(H,20,21)/b15-11+. The molecule has 1 N–H and O–H groups in total. The van der Waals surface area contributed by atoms with Crippen LogP contribution in [0.1, 0.15) is 39.3 Å². The molecule has 0 amide bonds. The summed E-state index contributed by atoms with van der Waals surface area (Å²) in [5.41, 5.74) is 4.70. The van der Waals surface area contributed by atoms with Crippen LogP contribution in [0.25, 0.3) is 10.9 Å². The molecule has 0 aliphatic rings. The minimum absolute atomic E-state index is 0.0925. The Morgan fingerprint density at radius 2 is 1.90 bits per heavy atom. The van der Waals surface area contributed by atoms with Crippen LogP contribution in [-0.2, 0) is 6.42 Å². The van der Waals surface area contributed by atoms with Gasteiger partial charge in [0.15, 0.2) is 5.43 Å². The van der Waals surface area contributed by atoms with Crippen molar-refractivity contribution in [2.24, 2.45) is 0 Å². The van der Waals surface area contributed by atoms with Gasteiger partial charge in [0.1, 0.15) is 0 Å². The number of aromatic nitrogens is 1. The van der Waals surface area contributed by atoms with E-state index in [0.29, 0.717) is 0 Å². The summed E-state index contributed by atoms with van der Waals surface area (Å²) in [4.78, 5) is 15.4. The molecule has 1 aromatic heterocycles. The summed E-state index contributed by atoms with van der Waals surface area (Å²) in [5.74, 6) is 0. The zero-order valence-electron chi connectivity index (χ0n) is 13.1. The predicted molar refractivity (Wildman–Crippen MR) is 90.7 cm³/mol. The molecule has 0 saturated heterocycles. The Labute approximate surface area is 126 Å². The molecule has 0 aliphatic heterocycles. The summed E-state index contributed by atoms with van der Waals surface area (Å²) in [7, 11) is 0. The molecule has 2 rings (SSSR count). The number of nitrogens with one attached hydrogen (secondary N) is 1. The van der Waals surface area contributed by atoms with Crippen LogP contribution in [0.3, 0.4) is 0 Å². The lowest BCUT2D eigenvalue weighted by Crippen LogP contribution is -2.04. The minimum atomic E-state index is 0.0925. The highest BCUT2D eigenvalue weighted by Crippen LogP contribution is 2.11. The molecule has 0 fully saturated rings. The molecule has 1 aromatic carbocycles. The second-order valence-electron chi connectivity index (χ2n) is 5.78. The first kappa shape index (κ1) is 15.3. The summed E-state index contributed by atoms with van der Waals surface area (Å²) in [6, 6.07) is 9.36. The molecule has 0 bridgehead atoms. The maximum atomic E-state index is 12.0. The number of para-hydroxylation sites is 1. The van der Waals surface area contributed by atoms with Crippen molar-refractivity contribution in [2.75, 3.05) is 0 Å². The highest BCUT2D eigenvalue weighted by Gasteiger charge is 2.00. The van der Waals surface area contributed by atoms with E-state index in [1.54, 1.807) is 6.07 Å². The fraction of sp³-hybridized carbons (Fsp3) is 0.316. The maximum Gasteiger partial charge on any atom is 0.189 e. The van der Waals surface area contributed by atoms with Crippen LogP contribution < -0.4 is 5.43 Å². The zero-order valence-corrected chi connectivity index (χ0v) is 13.1. The van der Waals surface area contributed by atoms with E-state index in [1.807, 2.05) is 24.3 Å². The Bertz CT molecular complexity index is 731. The number of benzene rings is 1. The molecule has 0 aliphatic carbocycles. The van der Waals surface area contributed by atoms with E-state index >= 15 is 0 Å². The lowest BCUT2D eigenvalue weighted by molar-refractivity contribution is 0.951. The summed E-state index contributed by atoms with van der Waals surface area (Å²) in [6.45, 7) is 6.40. The van der Waals surface area contributed by atoms with E-state index < -0.39 is 0 Å². The number of hydrogen-bond acceptors (Lipinski definition) is 1. The topological polar surface area (TPSA) is 32.9 Å². The van der Waals surface area contributed by atoms with Crippen molar-refractivity contribution in [2.45, 2.75) is 40.0 Å². The average molecular weight is 281 g/mol. The van der Waals surface area contributed by atoms with E-state index in [0.717, 1.165) is 35.9 Å². The van der Waals surface area contributed by atoms with Gasteiger partial charge in [0.2, 0.25) is 0 Å². The average Bonchev–Trinajstić information content (AvgIpc) is 2.45. The van der Waals surface area contributed by atoms with Crippen molar-refractivity contribution in [3.05, 3.63) is 69.5 Å². The third-order valence-corrected chi connectivity index (χ3v) is 3.55. The summed E-state index contributed by atoms with van der Waals surface area (Å²) in [5, 5.41) is 0.755. The van der Waals surface area contributed by atoms with E-state index in [2.05, 4.69) is 37.9 Å². The molecular weight excluding hydrogens is 258 g/mol. The van der Waals surface area contributed by atoms with Gasteiger partial charge in [0.25, 0.3) is 0 Å². The van der Waals surface area contributed by atoms with E-state index in [4.69, 9.17) is 0 Å². The molecule has 0 radical (unpaired) electrons. The van der Waals surface area contributed by atoms with Crippen LogP contribution in [0.4, 0.5) is 0 Å². The lowest BCUT2D eigenvalue weighted by Gasteiger charge is -2.03. The number of rotatable bonds is 5. The summed E-state index contributed by atoms with van der Waals surface area (Å²) < 4.78 is 0. The molecule has 0 atom stereocenters. The van der Waals surface area contributed by atoms with Crippen LogP contribution in [0.5, 0.6) is 0 Å². The van der Waals surface area contributed by atoms with Crippen molar-refractivity contribution in [1.82, 2.24) is 4.98 Å². The molecule has 0 unspecified atom stereocenters. The van der Waals surface area contributed by atoms with Crippen molar-refractivity contribution >= 4 is 10.9 Å². The summed E-state index contributed by atoms with van der Waals surface area (Å²) in [6.07, 6.45) is 7.40. The fourth-order valence-corrected chi connectivity index (χ4v) is 2.34. The van der Waals surface area contributed by atoms with Gasteiger partial charge in [0, 0.05) is 29.1 Å². The van der Waals surface area contributed by atoms with Crippen LogP contribution in [-0.4, -0.2) is 4.98 Å². The smallest absolute Gasteiger partial charge is 0.189 e. The van der Waals surface area contributed by atoms with Gasteiger partial charge in [0.05, 0.1) is 0 Å². The Kier molecular flexibility index (Phi) is 5.15. The van der Waals surface area contributed by atoms with Crippen molar-refractivity contribution in [1.29, 1.82) is 0 Å². The first-order chi connectivity index (χ1) is 10.1. The van der Waals surface area contributed by atoms with E-state index in [1.165, 1.54) is 11.1 Å². The lowest BCUT2D eigenvalue weighted by atomic mass is 10.1. The highest BCUT2D eigenvalue weighted by atomic mass is 16.1. The number of hydrogen-bond donors (Lipinski definition) is 1. The van der Waals surface area contributed by atoms with Crippen LogP contribution in [0, 0.1) is 0 Å². The van der Waals surface area contributed by atoms with E-state index in [9.17, 15) is 4.79 Å². The highest BCUT2D eigenvalue weighted by molar-refractivity contribution is 5.78.